The zero-order chi connectivity index (χ0) is 18.5. The molecular weight excluding hydrogens is 330 g/mol. The molecule has 132 valence electrons. The highest BCUT2D eigenvalue weighted by Gasteiger charge is 2.15. The number of nitrogens with one attached hydrogen (secondary N) is 1. The van der Waals surface area contributed by atoms with Gasteiger partial charge in [0.05, 0.1) is 5.69 Å². The van der Waals surface area contributed by atoms with Crippen molar-refractivity contribution in [2.24, 2.45) is 5.73 Å². The third-order valence-corrected chi connectivity index (χ3v) is 3.72. The minimum atomic E-state index is -0.687. The van der Waals surface area contributed by atoms with Crippen LogP contribution < -0.4 is 15.8 Å². The molecule has 0 aliphatic carbocycles. The Morgan fingerprint density at radius 1 is 1.15 bits per heavy atom. The molecule has 1 aromatic carbocycles. The third-order valence-electron chi connectivity index (χ3n) is 3.72. The number of carbonyl (C=O) groups is 1. The van der Waals surface area contributed by atoms with Gasteiger partial charge in [-0.2, -0.15) is 0 Å². The van der Waals surface area contributed by atoms with Crippen LogP contribution in [0, 0.1) is 6.92 Å². The molecule has 0 aliphatic heterocycles. The van der Waals surface area contributed by atoms with Gasteiger partial charge < -0.3 is 15.8 Å². The number of nitrogens with two attached hydrogens (primary N) is 1. The molecule has 0 atom stereocenters. The van der Waals surface area contributed by atoms with Crippen molar-refractivity contribution in [3.8, 4) is 11.6 Å². The number of primary amides is 1. The first-order valence-electron chi connectivity index (χ1n) is 8.20. The SMILES string of the molecule is CCc1ccccc1Oc1cc(Nc2cccc(C)n2)c(C(N)=O)nn1. The Balaban J connectivity index is 1.94. The Morgan fingerprint density at radius 2 is 1.96 bits per heavy atom. The highest BCUT2D eigenvalue weighted by molar-refractivity contribution is 5.97. The van der Waals surface area contributed by atoms with Crippen molar-refractivity contribution in [3.05, 3.63) is 65.5 Å². The summed E-state index contributed by atoms with van der Waals surface area (Å²) in [5.74, 6) is 0.829. The zero-order valence-corrected chi connectivity index (χ0v) is 14.6. The van der Waals surface area contributed by atoms with Crippen molar-refractivity contribution in [1.29, 1.82) is 0 Å². The summed E-state index contributed by atoms with van der Waals surface area (Å²) in [6.07, 6.45) is 0.821. The second-order valence-corrected chi connectivity index (χ2v) is 5.66. The molecule has 26 heavy (non-hydrogen) atoms. The van der Waals surface area contributed by atoms with E-state index in [4.69, 9.17) is 10.5 Å². The fourth-order valence-electron chi connectivity index (χ4n) is 2.46. The molecule has 0 unspecified atom stereocenters. The van der Waals surface area contributed by atoms with Crippen molar-refractivity contribution in [3.63, 3.8) is 0 Å². The average molecular weight is 349 g/mol. The molecule has 1 amide bonds. The predicted octanol–water partition coefficient (Wildman–Crippen LogP) is 3.38. The van der Waals surface area contributed by atoms with Gasteiger partial charge in [0.25, 0.3) is 5.91 Å². The summed E-state index contributed by atoms with van der Waals surface area (Å²) >= 11 is 0. The van der Waals surface area contributed by atoms with Gasteiger partial charge in [-0.25, -0.2) is 4.98 Å². The van der Waals surface area contributed by atoms with Gasteiger partial charge in [-0.15, -0.1) is 10.2 Å². The second kappa shape index (κ2) is 7.60. The van der Waals surface area contributed by atoms with Crippen LogP contribution in [0.4, 0.5) is 11.5 Å². The molecular formula is C19H19N5O2. The number of rotatable bonds is 6. The molecule has 3 N–H and O–H groups in total. The minimum Gasteiger partial charge on any atom is -0.437 e. The van der Waals surface area contributed by atoms with Gasteiger partial charge in [0.1, 0.15) is 11.6 Å². The van der Waals surface area contributed by atoms with E-state index < -0.39 is 5.91 Å². The number of pyridine rings is 1. The number of hydrogen-bond donors (Lipinski definition) is 2. The van der Waals surface area contributed by atoms with E-state index in [2.05, 4.69) is 20.5 Å². The van der Waals surface area contributed by atoms with E-state index in [-0.39, 0.29) is 11.6 Å². The van der Waals surface area contributed by atoms with Crippen LogP contribution in [0.25, 0.3) is 0 Å². The highest BCUT2D eigenvalue weighted by Crippen LogP contribution is 2.27. The molecule has 2 aromatic heterocycles. The van der Waals surface area contributed by atoms with Crippen LogP contribution in [-0.4, -0.2) is 21.1 Å². The number of hydrogen-bond acceptors (Lipinski definition) is 6. The average Bonchev–Trinajstić information content (AvgIpc) is 2.62. The first kappa shape index (κ1) is 17.3. The lowest BCUT2D eigenvalue weighted by Crippen LogP contribution is -2.16. The fourth-order valence-corrected chi connectivity index (χ4v) is 2.46. The van der Waals surface area contributed by atoms with E-state index in [1.54, 1.807) is 12.1 Å². The molecule has 0 aliphatic rings. The van der Waals surface area contributed by atoms with Crippen molar-refractivity contribution in [2.75, 3.05) is 5.32 Å². The second-order valence-electron chi connectivity index (χ2n) is 5.66. The highest BCUT2D eigenvalue weighted by atomic mass is 16.5. The van der Waals surface area contributed by atoms with E-state index >= 15 is 0 Å². The Morgan fingerprint density at radius 3 is 2.69 bits per heavy atom. The van der Waals surface area contributed by atoms with Crippen LogP contribution in [0.2, 0.25) is 0 Å². The number of anilines is 2. The lowest BCUT2D eigenvalue weighted by Gasteiger charge is -2.12. The summed E-state index contributed by atoms with van der Waals surface area (Å²) in [4.78, 5) is 16.0. The van der Waals surface area contributed by atoms with Gasteiger partial charge in [0, 0.05) is 11.8 Å². The quantitative estimate of drug-likeness (QED) is 0.707. The van der Waals surface area contributed by atoms with Crippen LogP contribution in [-0.2, 0) is 6.42 Å². The first-order valence-corrected chi connectivity index (χ1v) is 8.20. The number of para-hydroxylation sites is 1. The van der Waals surface area contributed by atoms with Gasteiger partial charge in [-0.1, -0.05) is 31.2 Å². The number of carbonyl (C=O) groups excluding carboxylic acids is 1. The van der Waals surface area contributed by atoms with Crippen LogP contribution in [0.3, 0.4) is 0 Å². The van der Waals surface area contributed by atoms with Crippen molar-refractivity contribution >= 4 is 17.4 Å². The van der Waals surface area contributed by atoms with Crippen molar-refractivity contribution in [2.45, 2.75) is 20.3 Å². The standard InChI is InChI=1S/C19H19N5O2/c1-3-13-8-4-5-9-15(13)26-17-11-14(18(19(20)25)24-23-17)22-16-10-6-7-12(2)21-16/h4-11H,3H2,1-2H3,(H2,20,25)(H,21,22,23). The molecule has 2 heterocycles. The number of ether oxygens (including phenoxy) is 1. The molecule has 0 saturated carbocycles. The Bertz CT molecular complexity index is 943. The topological polar surface area (TPSA) is 103 Å². The van der Waals surface area contributed by atoms with Crippen molar-refractivity contribution in [1.82, 2.24) is 15.2 Å². The maximum atomic E-state index is 11.7. The molecule has 0 saturated heterocycles. The lowest BCUT2D eigenvalue weighted by molar-refractivity contribution is 0.0995. The Kier molecular flexibility index (Phi) is 5.07. The van der Waals surface area contributed by atoms with Gasteiger partial charge in [0.15, 0.2) is 5.69 Å². The van der Waals surface area contributed by atoms with Crippen molar-refractivity contribution < 1.29 is 9.53 Å². The predicted molar refractivity (Wildman–Crippen MR) is 98.7 cm³/mol. The van der Waals surface area contributed by atoms with E-state index in [1.165, 1.54) is 0 Å². The summed E-state index contributed by atoms with van der Waals surface area (Å²) in [5.41, 5.74) is 7.69. The number of nitrogens with zero attached hydrogens (tertiary/aromatic N) is 3. The van der Waals surface area contributed by atoms with E-state index in [1.807, 2.05) is 50.2 Å². The van der Waals surface area contributed by atoms with Gasteiger partial charge in [-0.05, 0) is 37.1 Å². The molecule has 3 rings (SSSR count). The monoisotopic (exact) mass is 349 g/mol. The summed E-state index contributed by atoms with van der Waals surface area (Å²) in [6, 6.07) is 14.8. The molecule has 0 radical (unpaired) electrons. The van der Waals surface area contributed by atoms with Crippen LogP contribution >= 0.6 is 0 Å². The number of aryl methyl sites for hydroxylation is 2. The minimum absolute atomic E-state index is 0.0180. The maximum absolute atomic E-state index is 11.7. The normalized spacial score (nSPS) is 10.4. The van der Waals surface area contributed by atoms with E-state index in [9.17, 15) is 4.79 Å². The van der Waals surface area contributed by atoms with Crippen LogP contribution in [0.15, 0.2) is 48.5 Å². The van der Waals surface area contributed by atoms with E-state index in [0.29, 0.717) is 17.3 Å². The van der Waals surface area contributed by atoms with Gasteiger partial charge in [0.2, 0.25) is 5.88 Å². The van der Waals surface area contributed by atoms with Crippen LogP contribution in [0.1, 0.15) is 28.7 Å². The lowest BCUT2D eigenvalue weighted by atomic mass is 10.1. The van der Waals surface area contributed by atoms with Gasteiger partial charge in [-0.3, -0.25) is 4.79 Å². The number of aromatic nitrogens is 3. The van der Waals surface area contributed by atoms with Crippen LogP contribution in [0.5, 0.6) is 11.6 Å². The summed E-state index contributed by atoms with van der Waals surface area (Å²) in [5, 5.41) is 10.9. The number of amides is 1. The van der Waals surface area contributed by atoms with E-state index in [0.717, 1.165) is 17.7 Å². The first-order chi connectivity index (χ1) is 12.6. The third kappa shape index (κ3) is 3.94. The summed E-state index contributed by atoms with van der Waals surface area (Å²) < 4.78 is 5.85. The zero-order valence-electron chi connectivity index (χ0n) is 14.6. The fraction of sp³-hybridized carbons (Fsp3) is 0.158. The molecule has 0 spiro atoms. The Labute approximate surface area is 151 Å². The molecule has 0 bridgehead atoms. The van der Waals surface area contributed by atoms with Gasteiger partial charge >= 0.3 is 0 Å². The summed E-state index contributed by atoms with van der Waals surface area (Å²) in [7, 11) is 0. The maximum Gasteiger partial charge on any atom is 0.271 e. The molecule has 7 nitrogen and oxygen atoms in total. The Hall–Kier alpha value is -3.48. The summed E-state index contributed by atoms with van der Waals surface area (Å²) in [6.45, 7) is 3.92. The molecule has 3 aromatic rings. The molecule has 0 fully saturated rings. The number of benzene rings is 1. The smallest absolute Gasteiger partial charge is 0.271 e. The largest absolute Gasteiger partial charge is 0.437 e. The molecule has 7 heteroatoms.